The predicted octanol–water partition coefficient (Wildman–Crippen LogP) is 3.23. The number of halogens is 1. The van der Waals surface area contributed by atoms with E-state index in [0.717, 1.165) is 62.4 Å². The summed E-state index contributed by atoms with van der Waals surface area (Å²) in [6.45, 7) is 10.2. The summed E-state index contributed by atoms with van der Waals surface area (Å²) in [5.41, 5.74) is 3.91. The summed E-state index contributed by atoms with van der Waals surface area (Å²) >= 11 is 0. The Morgan fingerprint density at radius 1 is 0.971 bits per heavy atom. The van der Waals surface area contributed by atoms with E-state index in [2.05, 4.69) is 21.2 Å². The molecule has 6 nitrogen and oxygen atoms in total. The van der Waals surface area contributed by atoms with Crippen molar-refractivity contribution in [3.8, 4) is 0 Å². The van der Waals surface area contributed by atoms with E-state index in [0.29, 0.717) is 25.2 Å². The Morgan fingerprint density at radius 2 is 1.65 bits per heavy atom. The molecule has 1 atom stereocenters. The maximum absolute atomic E-state index is 13.1. The van der Waals surface area contributed by atoms with Crippen molar-refractivity contribution in [1.82, 2.24) is 15.1 Å². The fraction of sp³-hybridized carbons (Fsp3) is 0.481. The molecule has 0 radical (unpaired) electrons. The number of carbonyl (C=O) groups is 2. The molecule has 2 aromatic carbocycles. The lowest BCUT2D eigenvalue weighted by Crippen LogP contribution is -2.50. The number of likely N-dealkylation sites (tertiary alicyclic amines) is 1. The van der Waals surface area contributed by atoms with Gasteiger partial charge in [-0.1, -0.05) is 17.2 Å². The van der Waals surface area contributed by atoms with E-state index in [1.807, 2.05) is 43.0 Å². The first-order chi connectivity index (χ1) is 16.4. The second kappa shape index (κ2) is 11.0. The van der Waals surface area contributed by atoms with Crippen molar-refractivity contribution in [3.05, 3.63) is 65.0 Å². The van der Waals surface area contributed by atoms with Crippen LogP contribution in [0.5, 0.6) is 0 Å². The number of hydrogen-bond acceptors (Lipinski definition) is 4. The summed E-state index contributed by atoms with van der Waals surface area (Å²) in [6.07, 6.45) is 1.67. The Hall–Kier alpha value is -2.93. The molecule has 2 saturated heterocycles. The Kier molecular flexibility index (Phi) is 7.83. The molecule has 1 unspecified atom stereocenters. The minimum absolute atomic E-state index is 0.0170. The quantitative estimate of drug-likeness (QED) is 0.710. The van der Waals surface area contributed by atoms with Gasteiger partial charge in [0.25, 0.3) is 5.91 Å². The van der Waals surface area contributed by atoms with Gasteiger partial charge in [0.15, 0.2) is 0 Å². The van der Waals surface area contributed by atoms with E-state index in [9.17, 15) is 14.0 Å². The smallest absolute Gasteiger partial charge is 0.253 e. The zero-order chi connectivity index (χ0) is 24.1. The number of benzene rings is 2. The molecule has 34 heavy (non-hydrogen) atoms. The highest BCUT2D eigenvalue weighted by molar-refractivity contribution is 5.95. The fourth-order valence-electron chi connectivity index (χ4n) is 5.02. The molecule has 0 bridgehead atoms. The Balaban J connectivity index is 1.20. The molecule has 2 fully saturated rings. The molecule has 2 aliphatic rings. The van der Waals surface area contributed by atoms with Crippen molar-refractivity contribution < 1.29 is 14.0 Å². The first-order valence-corrected chi connectivity index (χ1v) is 12.3. The summed E-state index contributed by atoms with van der Waals surface area (Å²) in [5, 5.41) is 3.09. The minimum atomic E-state index is -0.214. The van der Waals surface area contributed by atoms with Crippen LogP contribution in [-0.2, 0) is 4.79 Å². The molecule has 0 spiro atoms. The van der Waals surface area contributed by atoms with Crippen LogP contribution in [0.25, 0.3) is 0 Å². The van der Waals surface area contributed by atoms with Gasteiger partial charge >= 0.3 is 0 Å². The van der Waals surface area contributed by atoms with E-state index in [1.54, 1.807) is 0 Å². The van der Waals surface area contributed by atoms with Gasteiger partial charge in [-0.2, -0.15) is 0 Å². The second-order valence-corrected chi connectivity index (χ2v) is 9.56. The van der Waals surface area contributed by atoms with Crippen LogP contribution in [0.1, 0.15) is 34.3 Å². The molecule has 2 heterocycles. The second-order valence-electron chi connectivity index (χ2n) is 9.56. The van der Waals surface area contributed by atoms with Gasteiger partial charge in [-0.05, 0) is 63.1 Å². The summed E-state index contributed by atoms with van der Waals surface area (Å²) in [7, 11) is 0. The number of nitrogens with one attached hydrogen (secondary N) is 1. The highest BCUT2D eigenvalue weighted by Crippen LogP contribution is 2.20. The molecule has 2 aliphatic heterocycles. The first kappa shape index (κ1) is 24.2. The Bertz CT molecular complexity index is 982. The molecule has 1 N–H and O–H groups in total. The summed E-state index contributed by atoms with van der Waals surface area (Å²) in [5.74, 6) is -0.307. The molecule has 182 valence electrons. The summed E-state index contributed by atoms with van der Waals surface area (Å²) < 4.78 is 13.1. The average Bonchev–Trinajstić information content (AvgIpc) is 2.84. The molecular formula is C27H35FN4O2. The number of rotatable bonds is 6. The molecule has 4 rings (SSSR count). The maximum Gasteiger partial charge on any atom is 0.253 e. The highest BCUT2D eigenvalue weighted by Gasteiger charge is 2.29. The van der Waals surface area contributed by atoms with Gasteiger partial charge in [-0.3, -0.25) is 14.5 Å². The number of piperidine rings is 1. The van der Waals surface area contributed by atoms with Crippen molar-refractivity contribution in [2.24, 2.45) is 5.92 Å². The van der Waals surface area contributed by atoms with Crippen LogP contribution in [0.3, 0.4) is 0 Å². The van der Waals surface area contributed by atoms with Gasteiger partial charge in [0.2, 0.25) is 5.91 Å². The largest absolute Gasteiger partial charge is 0.369 e. The van der Waals surface area contributed by atoms with Crippen molar-refractivity contribution in [2.45, 2.75) is 26.7 Å². The third-order valence-corrected chi connectivity index (χ3v) is 6.84. The summed E-state index contributed by atoms with van der Waals surface area (Å²) in [6, 6.07) is 12.6. The number of aryl methyl sites for hydroxylation is 2. The fourth-order valence-corrected chi connectivity index (χ4v) is 5.02. The molecule has 7 heteroatoms. The maximum atomic E-state index is 13.1. The lowest BCUT2D eigenvalue weighted by atomic mass is 9.96. The van der Waals surface area contributed by atoms with Crippen LogP contribution < -0.4 is 10.2 Å². The topological polar surface area (TPSA) is 55.9 Å². The minimum Gasteiger partial charge on any atom is -0.369 e. The first-order valence-electron chi connectivity index (χ1n) is 12.3. The zero-order valence-electron chi connectivity index (χ0n) is 20.2. The lowest BCUT2D eigenvalue weighted by Gasteiger charge is -2.36. The Morgan fingerprint density at radius 3 is 2.32 bits per heavy atom. The number of amides is 2. The molecular weight excluding hydrogens is 431 g/mol. The zero-order valence-corrected chi connectivity index (χ0v) is 20.2. The third kappa shape index (κ3) is 6.14. The van der Waals surface area contributed by atoms with E-state index in [1.165, 1.54) is 12.1 Å². The highest BCUT2D eigenvalue weighted by atomic mass is 19.1. The standard InChI is InChI=1S/C27H35FN4O2/c1-20-16-21(2)18-23(17-20)27(34)32-10-3-4-22(19-32)26(33)29-9-11-30-12-14-31(15-13-30)25-7-5-24(28)6-8-25/h5-8,16-18,22H,3-4,9-15,19H2,1-2H3,(H,29,33). The van der Waals surface area contributed by atoms with Crippen LogP contribution in [0.4, 0.5) is 10.1 Å². The average molecular weight is 467 g/mol. The van der Waals surface area contributed by atoms with Gasteiger partial charge in [0.05, 0.1) is 5.92 Å². The SMILES string of the molecule is Cc1cc(C)cc(C(=O)N2CCCC(C(=O)NCCN3CCN(c4ccc(F)cc4)CC3)C2)c1. The molecule has 0 aliphatic carbocycles. The third-order valence-electron chi connectivity index (χ3n) is 6.84. The number of anilines is 1. The van der Waals surface area contributed by atoms with E-state index >= 15 is 0 Å². The number of nitrogens with zero attached hydrogens (tertiary/aromatic N) is 3. The lowest BCUT2D eigenvalue weighted by molar-refractivity contribution is -0.126. The normalized spacial score (nSPS) is 19.2. The van der Waals surface area contributed by atoms with Crippen LogP contribution >= 0.6 is 0 Å². The van der Waals surface area contributed by atoms with Crippen molar-refractivity contribution >= 4 is 17.5 Å². The van der Waals surface area contributed by atoms with Crippen molar-refractivity contribution in [3.63, 3.8) is 0 Å². The number of carbonyl (C=O) groups excluding carboxylic acids is 2. The molecule has 0 aromatic heterocycles. The van der Waals surface area contributed by atoms with E-state index in [4.69, 9.17) is 0 Å². The van der Waals surface area contributed by atoms with Crippen LogP contribution in [0.15, 0.2) is 42.5 Å². The van der Waals surface area contributed by atoms with Gasteiger partial charge in [-0.25, -0.2) is 4.39 Å². The van der Waals surface area contributed by atoms with Crippen molar-refractivity contribution in [2.75, 3.05) is 57.3 Å². The van der Waals surface area contributed by atoms with Gasteiger partial charge in [0, 0.05) is 63.6 Å². The van der Waals surface area contributed by atoms with Gasteiger partial charge in [-0.15, -0.1) is 0 Å². The van der Waals surface area contributed by atoms with Crippen LogP contribution in [0.2, 0.25) is 0 Å². The van der Waals surface area contributed by atoms with Crippen LogP contribution in [-0.4, -0.2) is 74.0 Å². The van der Waals surface area contributed by atoms with Gasteiger partial charge < -0.3 is 15.1 Å². The predicted molar refractivity (Wildman–Crippen MR) is 133 cm³/mol. The van der Waals surface area contributed by atoms with Crippen molar-refractivity contribution in [1.29, 1.82) is 0 Å². The summed E-state index contributed by atoms with van der Waals surface area (Å²) in [4.78, 5) is 32.3. The van der Waals surface area contributed by atoms with Gasteiger partial charge in [0.1, 0.15) is 5.82 Å². The van der Waals surface area contributed by atoms with E-state index in [-0.39, 0.29) is 23.5 Å². The number of hydrogen-bond donors (Lipinski definition) is 1. The Labute approximate surface area is 201 Å². The monoisotopic (exact) mass is 466 g/mol. The van der Waals surface area contributed by atoms with Crippen LogP contribution in [0, 0.1) is 25.6 Å². The molecule has 2 amide bonds. The van der Waals surface area contributed by atoms with E-state index < -0.39 is 0 Å². The molecule has 0 saturated carbocycles. The molecule has 2 aromatic rings. The number of piperazine rings is 1.